The number of rotatable bonds is 6. The first kappa shape index (κ1) is 15.6. The fourth-order valence-electron chi connectivity index (χ4n) is 1.78. The van der Waals surface area contributed by atoms with Gasteiger partial charge in [0.05, 0.1) is 4.83 Å². The van der Waals surface area contributed by atoms with Gasteiger partial charge in [-0.25, -0.2) is 0 Å². The topological polar surface area (TPSA) is 73.7 Å². The van der Waals surface area contributed by atoms with Crippen LogP contribution in [0.1, 0.15) is 54.7 Å². The molecule has 1 aromatic heterocycles. The number of alkyl halides is 1. The van der Waals surface area contributed by atoms with Crippen molar-refractivity contribution in [3.63, 3.8) is 0 Å². The molecule has 0 aromatic carbocycles. The van der Waals surface area contributed by atoms with Gasteiger partial charge in [0.25, 0.3) is 5.56 Å². The first-order valence-corrected chi connectivity index (χ1v) is 7.31. The number of Topliss-reactive ketones (excluding diaryl/α,β-unsaturated/α-hetero) is 1. The van der Waals surface area contributed by atoms with Gasteiger partial charge in [-0.05, 0) is 25.3 Å². The van der Waals surface area contributed by atoms with Crippen molar-refractivity contribution >= 4 is 21.7 Å². The summed E-state index contributed by atoms with van der Waals surface area (Å²) in [5, 5.41) is 8.89. The van der Waals surface area contributed by atoms with Gasteiger partial charge in [-0.2, -0.15) is 5.26 Å². The summed E-state index contributed by atoms with van der Waals surface area (Å²) >= 11 is 3.32. The highest BCUT2D eigenvalue weighted by Gasteiger charge is 2.20. The minimum Gasteiger partial charge on any atom is -0.324 e. The average molecular weight is 325 g/mol. The van der Waals surface area contributed by atoms with E-state index in [1.807, 2.05) is 19.9 Å². The SMILES string of the molecule is CCCCc1[nH]c(=O)c(C#N)cc1C(=O)C(Br)CC. The lowest BCUT2D eigenvalue weighted by atomic mass is 10.00. The molecule has 0 aliphatic carbocycles. The molecule has 1 rings (SSSR count). The Labute approximate surface area is 121 Å². The highest BCUT2D eigenvalue weighted by molar-refractivity contribution is 9.10. The third-order valence-corrected chi connectivity index (χ3v) is 4.00. The van der Waals surface area contributed by atoms with E-state index in [0.29, 0.717) is 24.1 Å². The van der Waals surface area contributed by atoms with Crippen molar-refractivity contribution in [3.8, 4) is 6.07 Å². The molecule has 0 amide bonds. The molecule has 102 valence electrons. The standard InChI is InChI=1S/C14H17BrN2O2/c1-3-5-6-12-10(13(18)11(15)4-2)7-9(8-16)14(19)17-12/h7,11H,3-6H2,1-2H3,(H,17,19). The van der Waals surface area contributed by atoms with Crippen molar-refractivity contribution in [3.05, 3.63) is 33.2 Å². The maximum absolute atomic E-state index is 12.3. The van der Waals surface area contributed by atoms with Gasteiger partial charge in [-0.3, -0.25) is 9.59 Å². The van der Waals surface area contributed by atoms with E-state index in [1.165, 1.54) is 6.07 Å². The predicted molar refractivity (Wildman–Crippen MR) is 77.7 cm³/mol. The van der Waals surface area contributed by atoms with Crippen molar-refractivity contribution in [1.29, 1.82) is 5.26 Å². The van der Waals surface area contributed by atoms with Crippen LogP contribution < -0.4 is 5.56 Å². The largest absolute Gasteiger partial charge is 0.324 e. The van der Waals surface area contributed by atoms with Crippen molar-refractivity contribution in [2.24, 2.45) is 0 Å². The van der Waals surface area contributed by atoms with Gasteiger partial charge in [-0.1, -0.05) is 36.2 Å². The van der Waals surface area contributed by atoms with Crippen LogP contribution in [0.25, 0.3) is 0 Å². The number of pyridine rings is 1. The van der Waals surface area contributed by atoms with Crippen molar-refractivity contribution < 1.29 is 4.79 Å². The maximum Gasteiger partial charge on any atom is 0.266 e. The van der Waals surface area contributed by atoms with E-state index in [0.717, 1.165) is 12.8 Å². The molecule has 1 unspecified atom stereocenters. The van der Waals surface area contributed by atoms with Crippen LogP contribution >= 0.6 is 15.9 Å². The number of aromatic amines is 1. The molecule has 0 saturated heterocycles. The Hall–Kier alpha value is -1.41. The van der Waals surface area contributed by atoms with Gasteiger partial charge in [0.15, 0.2) is 5.78 Å². The Balaban J connectivity index is 3.29. The fourth-order valence-corrected chi connectivity index (χ4v) is 2.02. The second-order valence-corrected chi connectivity index (χ2v) is 5.47. The summed E-state index contributed by atoms with van der Waals surface area (Å²) in [6.45, 7) is 3.95. The number of hydrogen-bond acceptors (Lipinski definition) is 3. The van der Waals surface area contributed by atoms with Crippen LogP contribution in [0.3, 0.4) is 0 Å². The molecule has 1 aromatic rings. The number of carbonyl (C=O) groups excluding carboxylic acids is 1. The summed E-state index contributed by atoms with van der Waals surface area (Å²) in [6.07, 6.45) is 3.16. The Kier molecular flexibility index (Phi) is 5.97. The number of nitriles is 1. The maximum atomic E-state index is 12.3. The Morgan fingerprint density at radius 1 is 1.53 bits per heavy atom. The van der Waals surface area contributed by atoms with E-state index in [2.05, 4.69) is 20.9 Å². The number of aromatic nitrogens is 1. The quantitative estimate of drug-likeness (QED) is 0.645. The third kappa shape index (κ3) is 3.77. The summed E-state index contributed by atoms with van der Waals surface area (Å²) < 4.78 is 0. The lowest BCUT2D eigenvalue weighted by Gasteiger charge is -2.11. The molecule has 1 atom stereocenters. The van der Waals surface area contributed by atoms with Gasteiger partial charge in [0.1, 0.15) is 11.6 Å². The van der Waals surface area contributed by atoms with Crippen LogP contribution in [-0.2, 0) is 6.42 Å². The minimum atomic E-state index is -0.423. The monoisotopic (exact) mass is 324 g/mol. The number of carbonyl (C=O) groups is 1. The van der Waals surface area contributed by atoms with Crippen LogP contribution in [0.5, 0.6) is 0 Å². The lowest BCUT2D eigenvalue weighted by molar-refractivity contribution is 0.0988. The molecule has 0 fully saturated rings. The van der Waals surface area contributed by atoms with Crippen LogP contribution in [0.2, 0.25) is 0 Å². The van der Waals surface area contributed by atoms with Crippen LogP contribution in [0.15, 0.2) is 10.9 Å². The molecule has 0 aliphatic heterocycles. The number of ketones is 1. The number of nitrogens with zero attached hydrogens (tertiary/aromatic N) is 1. The number of halogens is 1. The number of hydrogen-bond donors (Lipinski definition) is 1. The Morgan fingerprint density at radius 2 is 2.21 bits per heavy atom. The van der Waals surface area contributed by atoms with Gasteiger partial charge in [0.2, 0.25) is 0 Å². The number of unbranched alkanes of at least 4 members (excludes halogenated alkanes) is 1. The van der Waals surface area contributed by atoms with Crippen molar-refractivity contribution in [1.82, 2.24) is 4.98 Å². The zero-order chi connectivity index (χ0) is 14.4. The molecule has 0 radical (unpaired) electrons. The molecule has 0 aliphatic rings. The number of H-pyrrole nitrogens is 1. The summed E-state index contributed by atoms with van der Waals surface area (Å²) in [5.74, 6) is -0.0821. The van der Waals surface area contributed by atoms with Gasteiger partial charge >= 0.3 is 0 Å². The van der Waals surface area contributed by atoms with Crippen LogP contribution in [0.4, 0.5) is 0 Å². The summed E-state index contributed by atoms with van der Waals surface area (Å²) in [4.78, 5) is 26.3. The van der Waals surface area contributed by atoms with E-state index in [9.17, 15) is 9.59 Å². The van der Waals surface area contributed by atoms with Gasteiger partial charge < -0.3 is 4.98 Å². The number of aryl methyl sites for hydroxylation is 1. The smallest absolute Gasteiger partial charge is 0.266 e. The molecule has 0 saturated carbocycles. The molecule has 5 heteroatoms. The minimum absolute atomic E-state index is 0.0144. The van der Waals surface area contributed by atoms with E-state index >= 15 is 0 Å². The summed E-state index contributed by atoms with van der Waals surface area (Å²) in [5.41, 5.74) is 0.647. The summed E-state index contributed by atoms with van der Waals surface area (Å²) in [6, 6.07) is 3.23. The molecule has 0 spiro atoms. The van der Waals surface area contributed by atoms with Gasteiger partial charge in [-0.15, -0.1) is 0 Å². The first-order valence-electron chi connectivity index (χ1n) is 6.39. The van der Waals surface area contributed by atoms with Crippen molar-refractivity contribution in [2.75, 3.05) is 0 Å². The Morgan fingerprint density at radius 3 is 2.74 bits per heavy atom. The number of nitrogens with one attached hydrogen (secondary N) is 1. The first-order chi connectivity index (χ1) is 9.04. The average Bonchev–Trinajstić information content (AvgIpc) is 2.43. The van der Waals surface area contributed by atoms with E-state index in [-0.39, 0.29) is 16.2 Å². The molecule has 0 bridgehead atoms. The van der Waals surface area contributed by atoms with E-state index in [1.54, 1.807) is 0 Å². The zero-order valence-electron chi connectivity index (χ0n) is 11.1. The molecule has 4 nitrogen and oxygen atoms in total. The molecule has 19 heavy (non-hydrogen) atoms. The van der Waals surface area contributed by atoms with Gasteiger partial charge in [0, 0.05) is 11.3 Å². The van der Waals surface area contributed by atoms with E-state index in [4.69, 9.17) is 5.26 Å². The lowest BCUT2D eigenvalue weighted by Crippen LogP contribution is -2.21. The highest BCUT2D eigenvalue weighted by Crippen LogP contribution is 2.17. The van der Waals surface area contributed by atoms with Crippen molar-refractivity contribution in [2.45, 2.75) is 44.4 Å². The zero-order valence-corrected chi connectivity index (χ0v) is 12.7. The molecule has 1 N–H and O–H groups in total. The molecule has 1 heterocycles. The van der Waals surface area contributed by atoms with Crippen LogP contribution in [-0.4, -0.2) is 15.6 Å². The highest BCUT2D eigenvalue weighted by atomic mass is 79.9. The van der Waals surface area contributed by atoms with E-state index < -0.39 is 5.56 Å². The normalized spacial score (nSPS) is 11.9. The predicted octanol–water partition coefficient (Wildman–Crippen LogP) is 2.95. The third-order valence-electron chi connectivity index (χ3n) is 2.93. The van der Waals surface area contributed by atoms with Crippen LogP contribution in [0, 0.1) is 11.3 Å². The molecular formula is C14H17BrN2O2. The second-order valence-electron chi connectivity index (χ2n) is 4.36. The fraction of sp³-hybridized carbons (Fsp3) is 0.500. The summed E-state index contributed by atoms with van der Waals surface area (Å²) in [7, 11) is 0. The molecular weight excluding hydrogens is 308 g/mol. The Bertz CT molecular complexity index is 558. The second kappa shape index (κ2) is 7.25.